The Kier molecular flexibility index (Phi) is 42.2. The molecule has 6 N–H and O–H groups in total. The first kappa shape index (κ1) is 59.7. The SMILES string of the molecule is CCCCCCC/C=C\C/C=C\CCCCCCCCCCCCCCCCCCCCCCCCCC(=O)NC(COC1OC(CO)C(O)C(O)C1O)C(O)CCCCCCC. The van der Waals surface area contributed by atoms with Crippen LogP contribution in [-0.4, -0.2) is 87.5 Å². The molecule has 7 atom stereocenters. The van der Waals surface area contributed by atoms with Gasteiger partial charge in [-0.25, -0.2) is 0 Å². The molecule has 0 spiro atoms. The third kappa shape index (κ3) is 34.6. The van der Waals surface area contributed by atoms with E-state index in [1.807, 2.05) is 0 Å². The van der Waals surface area contributed by atoms with Crippen molar-refractivity contribution >= 4 is 5.91 Å². The van der Waals surface area contributed by atoms with Crippen molar-refractivity contribution < 1.29 is 39.8 Å². The van der Waals surface area contributed by atoms with Crippen molar-refractivity contribution in [3.63, 3.8) is 0 Å². The highest BCUT2D eigenvalue weighted by molar-refractivity contribution is 5.76. The Morgan fingerprint density at radius 3 is 1.37 bits per heavy atom. The molecule has 372 valence electrons. The summed E-state index contributed by atoms with van der Waals surface area (Å²) >= 11 is 0. The van der Waals surface area contributed by atoms with Gasteiger partial charge in [0.15, 0.2) is 6.29 Å². The van der Waals surface area contributed by atoms with Gasteiger partial charge in [0.2, 0.25) is 5.91 Å². The molecule has 9 nitrogen and oxygen atoms in total. The standard InChI is InChI=1S/C54H103NO8/c1-3-5-7-9-10-11-12-13-14-15-16-17-18-19-20-21-22-23-24-25-26-27-28-29-30-31-32-33-34-35-36-37-38-40-42-44-50(58)55-47(48(57)43-41-39-8-6-4-2)46-62-54-53(61)52(60)51(59)49(45-56)63-54/h12-13,15-16,47-49,51-54,56-57,59-61H,3-11,14,17-46H2,1-2H3,(H,55,58)/b13-12-,16-15-. The lowest BCUT2D eigenvalue weighted by atomic mass is 9.99. The average Bonchev–Trinajstić information content (AvgIpc) is 3.28. The Balaban J connectivity index is 1.96. The van der Waals surface area contributed by atoms with E-state index in [0.717, 1.165) is 57.8 Å². The largest absolute Gasteiger partial charge is 0.394 e. The quantitative estimate of drug-likeness (QED) is 0.0261. The molecule has 0 aromatic carbocycles. The molecule has 7 unspecified atom stereocenters. The third-order valence-corrected chi connectivity index (χ3v) is 13.1. The van der Waals surface area contributed by atoms with E-state index in [9.17, 15) is 30.3 Å². The lowest BCUT2D eigenvalue weighted by molar-refractivity contribution is -0.302. The van der Waals surface area contributed by atoms with E-state index < -0.39 is 49.5 Å². The fourth-order valence-electron chi connectivity index (χ4n) is 8.72. The Hall–Kier alpha value is -1.33. The topological polar surface area (TPSA) is 149 Å². The van der Waals surface area contributed by atoms with E-state index in [-0.39, 0.29) is 12.5 Å². The molecule has 0 aromatic heterocycles. The number of allylic oxidation sites excluding steroid dienone is 4. The monoisotopic (exact) mass is 894 g/mol. The van der Waals surface area contributed by atoms with Crippen LogP contribution in [0.1, 0.15) is 258 Å². The molecule has 0 bridgehead atoms. The minimum Gasteiger partial charge on any atom is -0.394 e. The molecule has 1 aliphatic heterocycles. The fourth-order valence-corrected chi connectivity index (χ4v) is 8.72. The summed E-state index contributed by atoms with van der Waals surface area (Å²) in [6.07, 6.45) is 48.6. The molecule has 0 aromatic rings. The van der Waals surface area contributed by atoms with Crippen molar-refractivity contribution in [2.45, 2.75) is 301 Å². The van der Waals surface area contributed by atoms with Crippen LogP contribution in [0.15, 0.2) is 24.3 Å². The van der Waals surface area contributed by atoms with Crippen LogP contribution >= 0.6 is 0 Å². The first-order valence-electron chi connectivity index (χ1n) is 27.0. The van der Waals surface area contributed by atoms with Crippen molar-refractivity contribution in [3.05, 3.63) is 24.3 Å². The average molecular weight is 894 g/mol. The summed E-state index contributed by atoms with van der Waals surface area (Å²) in [5.41, 5.74) is 0. The van der Waals surface area contributed by atoms with E-state index in [0.29, 0.717) is 12.8 Å². The van der Waals surface area contributed by atoms with Gasteiger partial charge in [0.05, 0.1) is 25.4 Å². The minimum absolute atomic E-state index is 0.137. The van der Waals surface area contributed by atoms with Gasteiger partial charge in [-0.15, -0.1) is 0 Å². The van der Waals surface area contributed by atoms with E-state index in [1.165, 1.54) is 173 Å². The predicted octanol–water partition coefficient (Wildman–Crippen LogP) is 12.6. The number of hydrogen-bond acceptors (Lipinski definition) is 8. The second-order valence-corrected chi connectivity index (χ2v) is 19.0. The van der Waals surface area contributed by atoms with Gasteiger partial charge < -0.3 is 40.3 Å². The summed E-state index contributed by atoms with van der Waals surface area (Å²) in [7, 11) is 0. The predicted molar refractivity (Wildman–Crippen MR) is 263 cm³/mol. The molecule has 1 aliphatic rings. The van der Waals surface area contributed by atoms with Gasteiger partial charge in [0.1, 0.15) is 24.4 Å². The number of unbranched alkanes of at least 4 members (excludes halogenated alkanes) is 32. The first-order chi connectivity index (χ1) is 30.8. The number of hydrogen-bond donors (Lipinski definition) is 6. The number of nitrogens with one attached hydrogen (secondary N) is 1. The maximum Gasteiger partial charge on any atom is 0.220 e. The van der Waals surface area contributed by atoms with Gasteiger partial charge >= 0.3 is 0 Å². The van der Waals surface area contributed by atoms with Gasteiger partial charge in [0, 0.05) is 6.42 Å². The Bertz CT molecular complexity index is 1040. The molecular weight excluding hydrogens is 791 g/mol. The van der Waals surface area contributed by atoms with Crippen molar-refractivity contribution in [1.29, 1.82) is 0 Å². The number of carbonyl (C=O) groups excluding carboxylic acids is 1. The lowest BCUT2D eigenvalue weighted by Crippen LogP contribution is -2.60. The Morgan fingerprint density at radius 2 is 0.937 bits per heavy atom. The maximum absolute atomic E-state index is 12.9. The van der Waals surface area contributed by atoms with Crippen LogP contribution in [0.3, 0.4) is 0 Å². The van der Waals surface area contributed by atoms with Gasteiger partial charge in [0.25, 0.3) is 0 Å². The Labute approximate surface area is 388 Å². The highest BCUT2D eigenvalue weighted by Crippen LogP contribution is 2.23. The number of amides is 1. The van der Waals surface area contributed by atoms with E-state index >= 15 is 0 Å². The van der Waals surface area contributed by atoms with Gasteiger partial charge in [-0.2, -0.15) is 0 Å². The van der Waals surface area contributed by atoms with Crippen LogP contribution in [0, 0.1) is 0 Å². The van der Waals surface area contributed by atoms with Crippen LogP contribution in [0.2, 0.25) is 0 Å². The van der Waals surface area contributed by atoms with Crippen LogP contribution in [0.25, 0.3) is 0 Å². The minimum atomic E-state index is -1.55. The molecule has 63 heavy (non-hydrogen) atoms. The van der Waals surface area contributed by atoms with Crippen molar-refractivity contribution in [2.24, 2.45) is 0 Å². The van der Waals surface area contributed by atoms with Crippen molar-refractivity contribution in [3.8, 4) is 0 Å². The van der Waals surface area contributed by atoms with Crippen molar-refractivity contribution in [2.75, 3.05) is 13.2 Å². The van der Waals surface area contributed by atoms with E-state index in [4.69, 9.17) is 9.47 Å². The molecule has 1 saturated heterocycles. The molecule has 1 fully saturated rings. The number of carbonyl (C=O) groups is 1. The molecular formula is C54H103NO8. The zero-order valence-corrected chi connectivity index (χ0v) is 41.1. The zero-order valence-electron chi connectivity index (χ0n) is 41.1. The van der Waals surface area contributed by atoms with Crippen LogP contribution in [-0.2, 0) is 14.3 Å². The number of ether oxygens (including phenoxy) is 2. The molecule has 0 radical (unpaired) electrons. The van der Waals surface area contributed by atoms with E-state index in [1.54, 1.807) is 0 Å². The third-order valence-electron chi connectivity index (χ3n) is 13.1. The number of aliphatic hydroxyl groups is 5. The second kappa shape index (κ2) is 44.5. The lowest BCUT2D eigenvalue weighted by Gasteiger charge is -2.40. The fraction of sp³-hybridized carbons (Fsp3) is 0.907. The summed E-state index contributed by atoms with van der Waals surface area (Å²) in [5, 5.41) is 54.0. The highest BCUT2D eigenvalue weighted by atomic mass is 16.7. The molecule has 0 aliphatic carbocycles. The normalized spacial score (nSPS) is 20.3. The summed E-state index contributed by atoms with van der Waals surface area (Å²) < 4.78 is 11.2. The molecule has 0 saturated carbocycles. The second-order valence-electron chi connectivity index (χ2n) is 19.0. The van der Waals surface area contributed by atoms with Crippen LogP contribution < -0.4 is 5.32 Å². The highest BCUT2D eigenvalue weighted by Gasteiger charge is 2.44. The summed E-state index contributed by atoms with van der Waals surface area (Å²) in [4.78, 5) is 12.9. The first-order valence-corrected chi connectivity index (χ1v) is 27.0. The molecule has 1 heterocycles. The number of aliphatic hydroxyl groups excluding tert-OH is 5. The molecule has 1 rings (SSSR count). The summed E-state index contributed by atoms with van der Waals surface area (Å²) in [6.45, 7) is 3.74. The van der Waals surface area contributed by atoms with Crippen LogP contribution in [0.4, 0.5) is 0 Å². The molecule has 9 heteroatoms. The van der Waals surface area contributed by atoms with Crippen molar-refractivity contribution in [1.82, 2.24) is 5.32 Å². The Morgan fingerprint density at radius 1 is 0.540 bits per heavy atom. The summed E-state index contributed by atoms with van der Waals surface area (Å²) in [5.74, 6) is -0.147. The number of rotatable bonds is 46. The van der Waals surface area contributed by atoms with Gasteiger partial charge in [-0.05, 0) is 44.9 Å². The molecule has 1 amide bonds. The summed E-state index contributed by atoms with van der Waals surface area (Å²) in [6, 6.07) is -0.711. The van der Waals surface area contributed by atoms with Gasteiger partial charge in [-0.3, -0.25) is 4.79 Å². The zero-order chi connectivity index (χ0) is 45.9. The maximum atomic E-state index is 12.9. The van der Waals surface area contributed by atoms with E-state index in [2.05, 4.69) is 43.5 Å². The smallest absolute Gasteiger partial charge is 0.220 e. The van der Waals surface area contributed by atoms with Gasteiger partial charge in [-0.1, -0.05) is 231 Å². The van der Waals surface area contributed by atoms with Crippen LogP contribution in [0.5, 0.6) is 0 Å².